The second-order valence-electron chi connectivity index (χ2n) is 10.7. The molecule has 0 aromatic carbocycles. The lowest BCUT2D eigenvalue weighted by molar-refractivity contribution is -0.129. The van der Waals surface area contributed by atoms with E-state index in [1.165, 1.54) is 44.6 Å². The number of carbonyl (C=O) groups excluding carboxylic acids is 4. The van der Waals surface area contributed by atoms with Crippen LogP contribution in [0, 0.1) is 11.8 Å². The second kappa shape index (κ2) is 19.3. The third kappa shape index (κ3) is 14.2. The average molecular weight is 534 g/mol. The zero-order chi connectivity index (χ0) is 28.3. The molecule has 0 fully saturated rings. The van der Waals surface area contributed by atoms with Crippen molar-refractivity contribution in [1.29, 1.82) is 0 Å². The molecular weight excluding hydrogens is 482 g/mol. The molecule has 1 aliphatic rings. The Labute approximate surface area is 229 Å². The third-order valence-corrected chi connectivity index (χ3v) is 6.55. The summed E-state index contributed by atoms with van der Waals surface area (Å²) in [5, 5.41) is 14.1. The molecule has 3 atom stereocenters. The van der Waals surface area contributed by atoms with Gasteiger partial charge in [-0.15, -0.1) is 0 Å². The van der Waals surface area contributed by atoms with Crippen LogP contribution in [0.4, 0.5) is 4.79 Å². The molecule has 0 saturated carbocycles. The molecule has 5 amide bonds. The molecule has 9 heteroatoms. The van der Waals surface area contributed by atoms with Crippen LogP contribution in [0.1, 0.15) is 92.4 Å². The third-order valence-electron chi connectivity index (χ3n) is 6.55. The first kappa shape index (κ1) is 33.2. The highest BCUT2D eigenvalue weighted by atomic mass is 16.2. The minimum absolute atomic E-state index is 0.0427. The highest BCUT2D eigenvalue weighted by Gasteiger charge is 2.28. The van der Waals surface area contributed by atoms with E-state index < -0.39 is 18.0 Å². The molecule has 0 spiro atoms. The Morgan fingerprint density at radius 2 is 1.63 bits per heavy atom. The van der Waals surface area contributed by atoms with Crippen LogP contribution in [-0.4, -0.2) is 55.0 Å². The molecule has 1 aliphatic heterocycles. The standard InChI is InChI=1S/C29H51N5O4/c1-6-7-8-9-10-11-12-14-20-31-29(38)34-26(22(4)5)28(37)33-24-16-13-15-19-30-25(35)18-17-23(21(2)3)32-27(24)36/h13,16-18,21-24,26H,6-12,14-15,19-20H2,1-5H3,(H,30,35)(H,32,36)(H,33,37)(H2,31,34,38)/b16-13+,18-17+/t23-,24+,26?/m1/s1. The van der Waals surface area contributed by atoms with Gasteiger partial charge in [0.25, 0.3) is 0 Å². The molecule has 0 aromatic rings. The number of urea groups is 1. The van der Waals surface area contributed by atoms with Gasteiger partial charge in [0.15, 0.2) is 0 Å². The van der Waals surface area contributed by atoms with Gasteiger partial charge in [0.05, 0.1) is 0 Å². The van der Waals surface area contributed by atoms with Gasteiger partial charge in [-0.05, 0) is 24.7 Å². The van der Waals surface area contributed by atoms with E-state index in [9.17, 15) is 19.2 Å². The lowest BCUT2D eigenvalue weighted by Gasteiger charge is -2.26. The Balaban J connectivity index is 2.66. The minimum Gasteiger partial charge on any atom is -0.352 e. The molecule has 38 heavy (non-hydrogen) atoms. The van der Waals surface area contributed by atoms with Gasteiger partial charge in [0, 0.05) is 25.2 Å². The zero-order valence-electron chi connectivity index (χ0n) is 24.1. The first-order valence-electron chi connectivity index (χ1n) is 14.4. The van der Waals surface area contributed by atoms with Crippen molar-refractivity contribution in [3.63, 3.8) is 0 Å². The van der Waals surface area contributed by atoms with Gasteiger partial charge in [0.2, 0.25) is 17.7 Å². The number of hydrogen-bond donors (Lipinski definition) is 5. The van der Waals surface area contributed by atoms with E-state index in [0.29, 0.717) is 19.5 Å². The largest absolute Gasteiger partial charge is 0.352 e. The summed E-state index contributed by atoms with van der Waals surface area (Å²) < 4.78 is 0. The average Bonchev–Trinajstić information content (AvgIpc) is 2.86. The van der Waals surface area contributed by atoms with Gasteiger partial charge < -0.3 is 26.6 Å². The fourth-order valence-corrected chi connectivity index (χ4v) is 4.08. The molecule has 5 N–H and O–H groups in total. The van der Waals surface area contributed by atoms with E-state index in [1.807, 2.05) is 27.7 Å². The summed E-state index contributed by atoms with van der Waals surface area (Å²) >= 11 is 0. The number of amides is 5. The van der Waals surface area contributed by atoms with Gasteiger partial charge in [0.1, 0.15) is 12.1 Å². The van der Waals surface area contributed by atoms with Crippen molar-refractivity contribution in [3.8, 4) is 0 Å². The SMILES string of the molecule is CCCCCCCCCCNC(=O)NC(C(=O)N[C@H]1/C=C/CCNC(=O)/C=C/[C@H](C(C)C)NC1=O)C(C)C. The summed E-state index contributed by atoms with van der Waals surface area (Å²) in [5.41, 5.74) is 0. The molecule has 0 aliphatic carbocycles. The van der Waals surface area contributed by atoms with Gasteiger partial charge >= 0.3 is 6.03 Å². The summed E-state index contributed by atoms with van der Waals surface area (Å²) in [6.45, 7) is 10.8. The van der Waals surface area contributed by atoms with Crippen LogP contribution in [0.3, 0.4) is 0 Å². The first-order valence-corrected chi connectivity index (χ1v) is 14.4. The minimum atomic E-state index is -0.907. The molecule has 9 nitrogen and oxygen atoms in total. The van der Waals surface area contributed by atoms with Crippen molar-refractivity contribution < 1.29 is 19.2 Å². The van der Waals surface area contributed by atoms with Crippen LogP contribution >= 0.6 is 0 Å². The van der Waals surface area contributed by atoms with Crippen LogP contribution in [0.2, 0.25) is 0 Å². The van der Waals surface area contributed by atoms with Crippen molar-refractivity contribution in [2.75, 3.05) is 13.1 Å². The molecule has 0 radical (unpaired) electrons. The molecule has 1 heterocycles. The maximum Gasteiger partial charge on any atom is 0.315 e. The number of nitrogens with one attached hydrogen (secondary N) is 5. The predicted molar refractivity (Wildman–Crippen MR) is 152 cm³/mol. The van der Waals surface area contributed by atoms with Gasteiger partial charge in [-0.2, -0.15) is 0 Å². The lowest BCUT2D eigenvalue weighted by Crippen LogP contribution is -2.57. The van der Waals surface area contributed by atoms with Crippen LogP contribution < -0.4 is 26.6 Å². The van der Waals surface area contributed by atoms with Crippen molar-refractivity contribution in [2.24, 2.45) is 11.8 Å². The van der Waals surface area contributed by atoms with E-state index >= 15 is 0 Å². The van der Waals surface area contributed by atoms with Gasteiger partial charge in [-0.25, -0.2) is 4.79 Å². The Morgan fingerprint density at radius 3 is 2.26 bits per heavy atom. The summed E-state index contributed by atoms with van der Waals surface area (Å²) in [4.78, 5) is 50.6. The highest BCUT2D eigenvalue weighted by molar-refractivity contribution is 5.93. The summed E-state index contributed by atoms with van der Waals surface area (Å²) in [7, 11) is 0. The van der Waals surface area contributed by atoms with E-state index in [1.54, 1.807) is 18.2 Å². The summed E-state index contributed by atoms with van der Waals surface area (Å²) in [6, 6.07) is -2.46. The normalized spacial score (nSPS) is 20.9. The number of hydrogen-bond acceptors (Lipinski definition) is 4. The van der Waals surface area contributed by atoms with Crippen LogP contribution in [0.15, 0.2) is 24.3 Å². The number of rotatable bonds is 14. The molecule has 1 rings (SSSR count). The summed E-state index contributed by atoms with van der Waals surface area (Å²) in [5.74, 6) is -1.15. The van der Waals surface area contributed by atoms with E-state index in [4.69, 9.17) is 0 Å². The zero-order valence-corrected chi connectivity index (χ0v) is 24.1. The van der Waals surface area contributed by atoms with Crippen molar-refractivity contribution >= 4 is 23.8 Å². The quantitative estimate of drug-likeness (QED) is 0.172. The molecule has 1 unspecified atom stereocenters. The van der Waals surface area contributed by atoms with Crippen molar-refractivity contribution in [2.45, 2.75) is 111 Å². The Hall–Kier alpha value is -2.84. The van der Waals surface area contributed by atoms with Crippen LogP contribution in [0.25, 0.3) is 0 Å². The van der Waals surface area contributed by atoms with Gasteiger partial charge in [-0.3, -0.25) is 14.4 Å². The van der Waals surface area contributed by atoms with E-state index in [2.05, 4.69) is 33.5 Å². The maximum atomic E-state index is 13.2. The van der Waals surface area contributed by atoms with Crippen LogP contribution in [-0.2, 0) is 14.4 Å². The Bertz CT molecular complexity index is 794. The van der Waals surface area contributed by atoms with E-state index in [-0.39, 0.29) is 35.7 Å². The van der Waals surface area contributed by atoms with Crippen molar-refractivity contribution in [3.05, 3.63) is 24.3 Å². The molecule has 0 bridgehead atoms. The first-order chi connectivity index (χ1) is 18.1. The van der Waals surface area contributed by atoms with Gasteiger partial charge in [-0.1, -0.05) is 97.8 Å². The number of carbonyl (C=O) groups is 4. The topological polar surface area (TPSA) is 128 Å². The van der Waals surface area contributed by atoms with Crippen LogP contribution in [0.5, 0.6) is 0 Å². The van der Waals surface area contributed by atoms with Crippen molar-refractivity contribution in [1.82, 2.24) is 26.6 Å². The fourth-order valence-electron chi connectivity index (χ4n) is 4.08. The number of unbranched alkanes of at least 4 members (excludes halogenated alkanes) is 7. The second-order valence-corrected chi connectivity index (χ2v) is 10.7. The monoisotopic (exact) mass is 533 g/mol. The summed E-state index contributed by atoms with van der Waals surface area (Å²) in [6.07, 6.45) is 16.5. The Morgan fingerprint density at radius 1 is 0.974 bits per heavy atom. The fraction of sp³-hybridized carbons (Fsp3) is 0.724. The van der Waals surface area contributed by atoms with E-state index in [0.717, 1.165) is 12.8 Å². The Kier molecular flexibility index (Phi) is 16.8. The lowest BCUT2D eigenvalue weighted by atomic mass is 10.0. The molecular formula is C29H51N5O4. The molecule has 216 valence electrons. The molecule has 0 aromatic heterocycles. The highest BCUT2D eigenvalue weighted by Crippen LogP contribution is 2.09. The predicted octanol–water partition coefficient (Wildman–Crippen LogP) is 3.71. The molecule has 0 saturated heterocycles. The smallest absolute Gasteiger partial charge is 0.315 e. The maximum absolute atomic E-state index is 13.2.